The Hall–Kier alpha value is -0.910. The smallest absolute Gasteiger partial charge is 0.0625 e. The van der Waals surface area contributed by atoms with Gasteiger partial charge in [0.05, 0.1) is 19.4 Å². The van der Waals surface area contributed by atoms with E-state index in [9.17, 15) is 0 Å². The second-order valence-corrected chi connectivity index (χ2v) is 6.99. The Balaban J connectivity index is 1.42. The van der Waals surface area contributed by atoms with Crippen LogP contribution in [0.5, 0.6) is 0 Å². The molecule has 0 unspecified atom stereocenters. The molecular weight excluding hydrogens is 264 g/mol. The van der Waals surface area contributed by atoms with E-state index < -0.39 is 0 Å². The summed E-state index contributed by atoms with van der Waals surface area (Å²) in [5.41, 5.74) is 1.33. The summed E-state index contributed by atoms with van der Waals surface area (Å²) in [5.74, 6) is 1.52. The van der Waals surface area contributed by atoms with Crippen LogP contribution in [-0.2, 0) is 18.3 Å². The van der Waals surface area contributed by atoms with Crippen molar-refractivity contribution in [3.8, 4) is 0 Å². The third-order valence-corrected chi connectivity index (χ3v) is 5.46. The Kier molecular flexibility index (Phi) is 3.73. The molecule has 0 saturated carbocycles. The molecule has 0 spiro atoms. The van der Waals surface area contributed by atoms with Crippen LogP contribution in [-0.4, -0.2) is 65.0 Å². The summed E-state index contributed by atoms with van der Waals surface area (Å²) in [6.07, 6.45) is 6.87. The predicted molar refractivity (Wildman–Crippen MR) is 80.9 cm³/mol. The highest BCUT2D eigenvalue weighted by Crippen LogP contribution is 2.34. The van der Waals surface area contributed by atoms with E-state index in [0.29, 0.717) is 6.04 Å². The molecule has 1 aromatic rings. The van der Waals surface area contributed by atoms with Crippen LogP contribution in [0.15, 0.2) is 12.4 Å². The molecule has 0 aliphatic carbocycles. The lowest BCUT2D eigenvalue weighted by molar-refractivity contribution is -0.0308. The van der Waals surface area contributed by atoms with Gasteiger partial charge in [-0.2, -0.15) is 5.10 Å². The number of likely N-dealkylation sites (tertiary alicyclic amines) is 2. The van der Waals surface area contributed by atoms with Gasteiger partial charge in [0.1, 0.15) is 0 Å². The van der Waals surface area contributed by atoms with Crippen LogP contribution in [0.2, 0.25) is 0 Å². The van der Waals surface area contributed by atoms with Crippen molar-refractivity contribution < 1.29 is 4.74 Å². The Morgan fingerprint density at radius 2 is 2.10 bits per heavy atom. The first-order chi connectivity index (χ1) is 10.3. The Bertz CT molecular complexity index is 482. The van der Waals surface area contributed by atoms with Crippen molar-refractivity contribution in [3.05, 3.63) is 18.0 Å². The largest absolute Gasteiger partial charge is 0.379 e. The molecular formula is C16H26N4O. The van der Waals surface area contributed by atoms with E-state index in [1.807, 2.05) is 17.9 Å². The van der Waals surface area contributed by atoms with E-state index in [2.05, 4.69) is 21.1 Å². The van der Waals surface area contributed by atoms with Gasteiger partial charge in [0, 0.05) is 50.4 Å². The van der Waals surface area contributed by atoms with Gasteiger partial charge in [0.25, 0.3) is 0 Å². The molecule has 0 aromatic carbocycles. The van der Waals surface area contributed by atoms with Gasteiger partial charge in [0.2, 0.25) is 0 Å². The molecule has 5 heteroatoms. The van der Waals surface area contributed by atoms with Crippen molar-refractivity contribution in [3.63, 3.8) is 0 Å². The van der Waals surface area contributed by atoms with Gasteiger partial charge in [0.15, 0.2) is 0 Å². The highest BCUT2D eigenvalue weighted by Gasteiger charge is 2.43. The first kappa shape index (κ1) is 13.7. The maximum atomic E-state index is 5.93. The SMILES string of the molecule is Cn1cc(CN2C[C@H]3COC[C@H](N4CCCC4)[C@H]3C2)cn1. The van der Waals surface area contributed by atoms with E-state index in [1.54, 1.807) is 0 Å². The van der Waals surface area contributed by atoms with Crippen LogP contribution in [0.3, 0.4) is 0 Å². The van der Waals surface area contributed by atoms with Gasteiger partial charge < -0.3 is 4.74 Å². The average Bonchev–Trinajstić information content (AvgIpc) is 3.18. The molecule has 3 atom stereocenters. The van der Waals surface area contributed by atoms with Crippen LogP contribution in [0, 0.1) is 11.8 Å². The number of aryl methyl sites for hydroxylation is 1. The summed E-state index contributed by atoms with van der Waals surface area (Å²) < 4.78 is 7.82. The van der Waals surface area contributed by atoms with E-state index in [0.717, 1.165) is 31.6 Å². The predicted octanol–water partition coefficient (Wildman–Crippen LogP) is 0.963. The van der Waals surface area contributed by atoms with Gasteiger partial charge in [-0.05, 0) is 31.8 Å². The summed E-state index contributed by atoms with van der Waals surface area (Å²) in [4.78, 5) is 5.29. The fraction of sp³-hybridized carbons (Fsp3) is 0.812. The summed E-state index contributed by atoms with van der Waals surface area (Å²) in [5, 5.41) is 4.28. The van der Waals surface area contributed by atoms with Gasteiger partial charge in [-0.3, -0.25) is 14.5 Å². The molecule has 4 rings (SSSR count). The third-order valence-electron chi connectivity index (χ3n) is 5.46. The lowest BCUT2D eigenvalue weighted by Gasteiger charge is -2.38. The molecule has 3 aliphatic heterocycles. The van der Waals surface area contributed by atoms with Crippen LogP contribution < -0.4 is 0 Å². The number of rotatable bonds is 3. The van der Waals surface area contributed by atoms with Crippen LogP contribution >= 0.6 is 0 Å². The van der Waals surface area contributed by atoms with E-state index in [-0.39, 0.29) is 0 Å². The molecule has 4 heterocycles. The van der Waals surface area contributed by atoms with E-state index in [4.69, 9.17) is 4.74 Å². The number of ether oxygens (including phenoxy) is 1. The molecule has 0 amide bonds. The highest BCUT2D eigenvalue weighted by molar-refractivity contribution is 5.05. The van der Waals surface area contributed by atoms with E-state index >= 15 is 0 Å². The third kappa shape index (κ3) is 2.74. The maximum Gasteiger partial charge on any atom is 0.0625 e. The van der Waals surface area contributed by atoms with Crippen molar-refractivity contribution in [2.75, 3.05) is 39.4 Å². The minimum atomic E-state index is 0.658. The Morgan fingerprint density at radius 1 is 1.24 bits per heavy atom. The minimum absolute atomic E-state index is 0.658. The Labute approximate surface area is 126 Å². The summed E-state index contributed by atoms with van der Waals surface area (Å²) in [7, 11) is 1.99. The number of hydrogen-bond acceptors (Lipinski definition) is 4. The molecule has 3 fully saturated rings. The van der Waals surface area contributed by atoms with Crippen molar-refractivity contribution in [2.45, 2.75) is 25.4 Å². The zero-order valence-electron chi connectivity index (χ0n) is 12.9. The van der Waals surface area contributed by atoms with Crippen LogP contribution in [0.1, 0.15) is 18.4 Å². The van der Waals surface area contributed by atoms with Crippen molar-refractivity contribution in [1.82, 2.24) is 19.6 Å². The first-order valence-corrected chi connectivity index (χ1v) is 8.31. The number of hydrogen-bond donors (Lipinski definition) is 0. The van der Waals surface area contributed by atoms with Gasteiger partial charge >= 0.3 is 0 Å². The second-order valence-electron chi connectivity index (χ2n) is 6.99. The fourth-order valence-corrected chi connectivity index (χ4v) is 4.45. The number of nitrogens with zero attached hydrogens (tertiary/aromatic N) is 4. The molecule has 5 nitrogen and oxygen atoms in total. The first-order valence-electron chi connectivity index (χ1n) is 8.31. The molecule has 116 valence electrons. The summed E-state index contributed by atoms with van der Waals surface area (Å²) in [6, 6.07) is 0.658. The molecule has 0 N–H and O–H groups in total. The lowest BCUT2D eigenvalue weighted by Crippen LogP contribution is -2.49. The van der Waals surface area contributed by atoms with Gasteiger partial charge in [-0.25, -0.2) is 0 Å². The van der Waals surface area contributed by atoms with Crippen molar-refractivity contribution in [2.24, 2.45) is 18.9 Å². The molecule has 0 radical (unpaired) electrons. The summed E-state index contributed by atoms with van der Waals surface area (Å²) >= 11 is 0. The maximum absolute atomic E-state index is 5.93. The zero-order valence-corrected chi connectivity index (χ0v) is 12.9. The van der Waals surface area contributed by atoms with Crippen molar-refractivity contribution >= 4 is 0 Å². The van der Waals surface area contributed by atoms with Crippen molar-refractivity contribution in [1.29, 1.82) is 0 Å². The van der Waals surface area contributed by atoms with Crippen LogP contribution in [0.25, 0.3) is 0 Å². The zero-order chi connectivity index (χ0) is 14.2. The Morgan fingerprint density at radius 3 is 2.86 bits per heavy atom. The second kappa shape index (κ2) is 5.71. The normalized spacial score (nSPS) is 34.4. The standard InChI is InChI=1S/C16H26N4O/c1-18-7-13(6-17-18)8-19-9-14-11-21-12-16(15(14)10-19)20-4-2-3-5-20/h6-7,14-16H,2-5,8-12H2,1H3/t14-,15-,16-/m0/s1. The topological polar surface area (TPSA) is 33.5 Å². The number of aromatic nitrogens is 2. The molecule has 21 heavy (non-hydrogen) atoms. The molecule has 3 saturated heterocycles. The lowest BCUT2D eigenvalue weighted by atomic mass is 9.87. The monoisotopic (exact) mass is 290 g/mol. The minimum Gasteiger partial charge on any atom is -0.379 e. The van der Waals surface area contributed by atoms with E-state index in [1.165, 1.54) is 44.6 Å². The van der Waals surface area contributed by atoms with Gasteiger partial charge in [-0.15, -0.1) is 0 Å². The number of fused-ring (bicyclic) bond motifs is 1. The fourth-order valence-electron chi connectivity index (χ4n) is 4.45. The van der Waals surface area contributed by atoms with Gasteiger partial charge in [-0.1, -0.05) is 0 Å². The molecule has 1 aromatic heterocycles. The highest BCUT2D eigenvalue weighted by atomic mass is 16.5. The molecule has 0 bridgehead atoms. The summed E-state index contributed by atoms with van der Waals surface area (Å²) in [6.45, 7) is 7.90. The average molecular weight is 290 g/mol. The molecule has 3 aliphatic rings. The quantitative estimate of drug-likeness (QED) is 0.830. The van der Waals surface area contributed by atoms with Crippen LogP contribution in [0.4, 0.5) is 0 Å².